The third-order valence-electron chi connectivity index (χ3n) is 4.82. The number of halogens is 1. The lowest BCUT2D eigenvalue weighted by atomic mass is 10.2. The Labute approximate surface area is 183 Å². The first-order valence-electron chi connectivity index (χ1n) is 10.1. The summed E-state index contributed by atoms with van der Waals surface area (Å²) in [4.78, 5) is 21.3. The van der Waals surface area contributed by atoms with Crippen LogP contribution in [0.25, 0.3) is 11.4 Å². The number of ether oxygens (including phenoxy) is 3. The summed E-state index contributed by atoms with van der Waals surface area (Å²) in [7, 11) is 1.39. The van der Waals surface area contributed by atoms with Crippen LogP contribution in [0, 0.1) is 12.7 Å². The second kappa shape index (κ2) is 9.79. The molecule has 1 fully saturated rings. The van der Waals surface area contributed by atoms with Crippen molar-refractivity contribution < 1.29 is 23.4 Å². The van der Waals surface area contributed by atoms with Crippen molar-refractivity contribution in [3.05, 3.63) is 53.4 Å². The smallest absolute Gasteiger partial charge is 0.270 e. The Morgan fingerprint density at radius 2 is 2.16 bits per heavy atom. The summed E-state index contributed by atoms with van der Waals surface area (Å²) >= 11 is 0. The van der Waals surface area contributed by atoms with Crippen LogP contribution >= 0.6 is 0 Å². The maximum absolute atomic E-state index is 13.6. The molecule has 1 atom stereocenters. The van der Waals surface area contributed by atoms with Crippen molar-refractivity contribution in [1.82, 2.24) is 30.3 Å². The van der Waals surface area contributed by atoms with E-state index in [1.165, 1.54) is 19.2 Å². The molecule has 1 unspecified atom stereocenters. The lowest BCUT2D eigenvalue weighted by Gasteiger charge is -2.22. The van der Waals surface area contributed by atoms with Gasteiger partial charge in [0.2, 0.25) is 0 Å². The SMILES string of the molecule is COc1cc(CNC(=O)c2cc(-c3cn(CC4COCCO4)nn3)nc(C)n2)ccc1F. The van der Waals surface area contributed by atoms with E-state index in [0.717, 1.165) is 0 Å². The van der Waals surface area contributed by atoms with Crippen LogP contribution < -0.4 is 10.1 Å². The molecule has 0 saturated carbocycles. The molecular formula is C21H23FN6O4. The van der Waals surface area contributed by atoms with E-state index in [-0.39, 0.29) is 30.0 Å². The van der Waals surface area contributed by atoms with Gasteiger partial charge in [-0.05, 0) is 30.7 Å². The molecule has 32 heavy (non-hydrogen) atoms. The third-order valence-corrected chi connectivity index (χ3v) is 4.82. The fraction of sp³-hybridized carbons (Fsp3) is 0.381. The maximum Gasteiger partial charge on any atom is 0.270 e. The maximum atomic E-state index is 13.6. The molecular weight excluding hydrogens is 419 g/mol. The van der Waals surface area contributed by atoms with Gasteiger partial charge < -0.3 is 19.5 Å². The standard InChI is InChI=1S/C21H23FN6O4/c1-13-24-17(19-11-28(27-26-19)10-15-12-31-5-6-32-15)8-18(25-13)21(29)23-9-14-3-4-16(22)20(7-14)30-2/h3-4,7-8,11,15H,5-6,9-10,12H2,1-2H3,(H,23,29). The number of hydrogen-bond donors (Lipinski definition) is 1. The van der Waals surface area contributed by atoms with E-state index in [1.807, 2.05) is 0 Å². The van der Waals surface area contributed by atoms with E-state index >= 15 is 0 Å². The van der Waals surface area contributed by atoms with Gasteiger partial charge in [-0.1, -0.05) is 11.3 Å². The summed E-state index contributed by atoms with van der Waals surface area (Å²) in [6.45, 7) is 4.05. The zero-order valence-corrected chi connectivity index (χ0v) is 17.7. The molecule has 0 aliphatic carbocycles. The van der Waals surface area contributed by atoms with Crippen molar-refractivity contribution in [2.24, 2.45) is 0 Å². The van der Waals surface area contributed by atoms with Gasteiger partial charge in [-0.2, -0.15) is 0 Å². The molecule has 11 heteroatoms. The lowest BCUT2D eigenvalue weighted by molar-refractivity contribution is -0.0947. The normalized spacial score (nSPS) is 16.0. The summed E-state index contributed by atoms with van der Waals surface area (Å²) in [5, 5.41) is 11.0. The third kappa shape index (κ3) is 5.24. The fourth-order valence-corrected chi connectivity index (χ4v) is 3.26. The van der Waals surface area contributed by atoms with Crippen LogP contribution in [-0.2, 0) is 22.6 Å². The Kier molecular flexibility index (Phi) is 6.66. The predicted octanol–water partition coefficient (Wildman–Crippen LogP) is 1.54. The van der Waals surface area contributed by atoms with Crippen LogP contribution in [-0.4, -0.2) is 63.9 Å². The molecule has 1 aliphatic heterocycles. The number of benzene rings is 1. The molecule has 1 aliphatic rings. The Morgan fingerprint density at radius 3 is 2.94 bits per heavy atom. The topological polar surface area (TPSA) is 113 Å². The number of aryl methyl sites for hydroxylation is 1. The van der Waals surface area contributed by atoms with Crippen LogP contribution in [0.4, 0.5) is 4.39 Å². The molecule has 3 heterocycles. The zero-order valence-electron chi connectivity index (χ0n) is 17.7. The van der Waals surface area contributed by atoms with Gasteiger partial charge in [0.1, 0.15) is 23.3 Å². The highest BCUT2D eigenvalue weighted by Crippen LogP contribution is 2.19. The Bertz CT molecular complexity index is 1100. The number of aromatic nitrogens is 5. The largest absolute Gasteiger partial charge is 0.494 e. The molecule has 3 aromatic rings. The minimum atomic E-state index is -0.464. The highest BCUT2D eigenvalue weighted by molar-refractivity contribution is 5.93. The van der Waals surface area contributed by atoms with Gasteiger partial charge >= 0.3 is 0 Å². The molecule has 1 aromatic carbocycles. The van der Waals surface area contributed by atoms with Crippen LogP contribution in [0.15, 0.2) is 30.5 Å². The number of rotatable bonds is 7. The summed E-state index contributed by atoms with van der Waals surface area (Å²) in [5.41, 5.74) is 1.89. The number of carbonyl (C=O) groups excluding carboxylic acids is 1. The molecule has 1 saturated heterocycles. The van der Waals surface area contributed by atoms with Crippen molar-refractivity contribution >= 4 is 5.91 Å². The quantitative estimate of drug-likeness (QED) is 0.586. The Balaban J connectivity index is 1.44. The number of methoxy groups -OCH3 is 1. The van der Waals surface area contributed by atoms with Gasteiger partial charge in [0.05, 0.1) is 45.4 Å². The highest BCUT2D eigenvalue weighted by atomic mass is 19.1. The number of amides is 1. The summed E-state index contributed by atoms with van der Waals surface area (Å²) in [5.74, 6) is -0.311. The van der Waals surface area contributed by atoms with Crippen molar-refractivity contribution in [1.29, 1.82) is 0 Å². The second-order valence-corrected chi connectivity index (χ2v) is 7.23. The average molecular weight is 442 g/mol. The van der Waals surface area contributed by atoms with E-state index in [2.05, 4.69) is 25.6 Å². The number of hydrogen-bond acceptors (Lipinski definition) is 8. The Morgan fingerprint density at radius 1 is 1.28 bits per heavy atom. The van der Waals surface area contributed by atoms with Crippen molar-refractivity contribution in [2.75, 3.05) is 26.9 Å². The van der Waals surface area contributed by atoms with E-state index < -0.39 is 5.82 Å². The molecule has 4 rings (SSSR count). The lowest BCUT2D eigenvalue weighted by Crippen LogP contribution is -2.32. The van der Waals surface area contributed by atoms with Gasteiger partial charge in [-0.3, -0.25) is 4.79 Å². The zero-order chi connectivity index (χ0) is 22.5. The van der Waals surface area contributed by atoms with Crippen LogP contribution in [0.1, 0.15) is 21.9 Å². The van der Waals surface area contributed by atoms with Gasteiger partial charge in [0, 0.05) is 6.54 Å². The van der Waals surface area contributed by atoms with Crippen molar-refractivity contribution in [2.45, 2.75) is 26.1 Å². The van der Waals surface area contributed by atoms with E-state index in [4.69, 9.17) is 14.2 Å². The van der Waals surface area contributed by atoms with Crippen LogP contribution in [0.5, 0.6) is 5.75 Å². The summed E-state index contributed by atoms with van der Waals surface area (Å²) < 4.78 is 31.2. The van der Waals surface area contributed by atoms with E-state index in [0.29, 0.717) is 49.1 Å². The number of carbonyl (C=O) groups is 1. The van der Waals surface area contributed by atoms with Gasteiger partial charge in [-0.25, -0.2) is 19.0 Å². The monoisotopic (exact) mass is 442 g/mol. The first-order valence-corrected chi connectivity index (χ1v) is 10.1. The van der Waals surface area contributed by atoms with Crippen molar-refractivity contribution in [3.8, 4) is 17.1 Å². The molecule has 1 N–H and O–H groups in total. The van der Waals surface area contributed by atoms with Gasteiger partial charge in [0.15, 0.2) is 11.6 Å². The summed E-state index contributed by atoms with van der Waals surface area (Å²) in [6, 6.07) is 5.96. The number of nitrogens with zero attached hydrogens (tertiary/aromatic N) is 5. The molecule has 1 amide bonds. The summed E-state index contributed by atoms with van der Waals surface area (Å²) in [6.07, 6.45) is 1.66. The molecule has 0 radical (unpaired) electrons. The molecule has 0 bridgehead atoms. The predicted molar refractivity (Wildman–Crippen MR) is 110 cm³/mol. The number of nitrogens with one attached hydrogen (secondary N) is 1. The van der Waals surface area contributed by atoms with E-state index in [1.54, 1.807) is 29.9 Å². The highest BCUT2D eigenvalue weighted by Gasteiger charge is 2.18. The molecule has 168 valence electrons. The minimum Gasteiger partial charge on any atom is -0.494 e. The first kappa shape index (κ1) is 21.8. The van der Waals surface area contributed by atoms with Crippen LogP contribution in [0.2, 0.25) is 0 Å². The van der Waals surface area contributed by atoms with Gasteiger partial charge in [0.25, 0.3) is 5.91 Å². The minimum absolute atomic E-state index is 0.0862. The molecule has 0 spiro atoms. The molecule has 10 nitrogen and oxygen atoms in total. The second-order valence-electron chi connectivity index (χ2n) is 7.23. The van der Waals surface area contributed by atoms with Gasteiger partial charge in [-0.15, -0.1) is 5.10 Å². The van der Waals surface area contributed by atoms with Crippen LogP contribution in [0.3, 0.4) is 0 Å². The fourth-order valence-electron chi connectivity index (χ4n) is 3.26. The molecule has 2 aromatic heterocycles. The Hall–Kier alpha value is -3.44. The first-order chi connectivity index (χ1) is 15.5. The van der Waals surface area contributed by atoms with Crippen molar-refractivity contribution in [3.63, 3.8) is 0 Å². The average Bonchev–Trinajstić information content (AvgIpc) is 3.27. The van der Waals surface area contributed by atoms with E-state index in [9.17, 15) is 9.18 Å².